The van der Waals surface area contributed by atoms with Crippen molar-refractivity contribution in [2.75, 3.05) is 4.72 Å². The largest absolute Gasteiger partial charge is 0.342 e. The quantitative estimate of drug-likeness (QED) is 0.719. The number of imidazole rings is 1. The number of rotatable bonds is 3. The summed E-state index contributed by atoms with van der Waals surface area (Å²) in [4.78, 5) is 8.41. The molecule has 0 aliphatic rings. The highest BCUT2D eigenvalue weighted by atomic mass is 79.9. The first kappa shape index (κ1) is 14.6. The Kier molecular flexibility index (Phi) is 3.54. The van der Waals surface area contributed by atoms with Gasteiger partial charge in [0.25, 0.3) is 10.0 Å². The predicted octanol–water partition coefficient (Wildman–Crippen LogP) is 3.80. The minimum atomic E-state index is -3.59. The fourth-order valence-electron chi connectivity index (χ4n) is 2.11. The first-order valence-electron chi connectivity index (χ1n) is 6.10. The van der Waals surface area contributed by atoms with Crippen LogP contribution in [0.3, 0.4) is 0 Å². The normalized spacial score (nSPS) is 12.0. The van der Waals surface area contributed by atoms with E-state index >= 15 is 0 Å². The molecule has 5 nitrogen and oxygen atoms in total. The molecule has 3 rings (SSSR count). The third-order valence-electron chi connectivity index (χ3n) is 2.98. The van der Waals surface area contributed by atoms with Crippen molar-refractivity contribution in [2.45, 2.75) is 18.7 Å². The molecular weight excluding hydrogens is 374 g/mol. The lowest BCUT2D eigenvalue weighted by Crippen LogP contribution is -2.13. The van der Waals surface area contributed by atoms with E-state index in [2.05, 4.69) is 30.6 Å². The smallest absolute Gasteiger partial charge is 0.263 e. The molecule has 0 aliphatic heterocycles. The SMILES string of the molecule is Cc1nc2ccc(NS(=O)(=O)c3cc(Br)sc3C)cc2[nH]1. The van der Waals surface area contributed by atoms with Crippen molar-refractivity contribution in [3.63, 3.8) is 0 Å². The number of anilines is 1. The van der Waals surface area contributed by atoms with Gasteiger partial charge in [0.15, 0.2) is 0 Å². The number of hydrogen-bond acceptors (Lipinski definition) is 4. The number of aryl methyl sites for hydroxylation is 2. The Hall–Kier alpha value is -1.38. The Morgan fingerprint density at radius 2 is 2.05 bits per heavy atom. The van der Waals surface area contributed by atoms with Gasteiger partial charge in [-0.05, 0) is 54.0 Å². The van der Waals surface area contributed by atoms with Crippen molar-refractivity contribution in [1.29, 1.82) is 0 Å². The number of nitrogens with zero attached hydrogens (tertiary/aromatic N) is 1. The van der Waals surface area contributed by atoms with Gasteiger partial charge in [-0.1, -0.05) is 0 Å². The Morgan fingerprint density at radius 3 is 2.71 bits per heavy atom. The molecule has 2 N–H and O–H groups in total. The van der Waals surface area contributed by atoms with Crippen molar-refractivity contribution in [3.8, 4) is 0 Å². The Bertz CT molecular complexity index is 928. The average molecular weight is 386 g/mol. The van der Waals surface area contributed by atoms with Crippen LogP contribution in [-0.4, -0.2) is 18.4 Å². The van der Waals surface area contributed by atoms with Gasteiger partial charge in [0.05, 0.1) is 20.5 Å². The molecule has 0 aliphatic carbocycles. The minimum Gasteiger partial charge on any atom is -0.342 e. The number of aromatic amines is 1. The lowest BCUT2D eigenvalue weighted by Gasteiger charge is -2.07. The fraction of sp³-hybridized carbons (Fsp3) is 0.154. The molecule has 0 saturated carbocycles. The van der Waals surface area contributed by atoms with Crippen LogP contribution in [0.1, 0.15) is 10.7 Å². The maximum atomic E-state index is 12.4. The summed E-state index contributed by atoms with van der Waals surface area (Å²) in [7, 11) is -3.59. The molecular formula is C13H12BrN3O2S2. The molecule has 2 heterocycles. The fourth-order valence-corrected chi connectivity index (χ4v) is 5.57. The van der Waals surface area contributed by atoms with Gasteiger partial charge in [-0.2, -0.15) is 0 Å². The second kappa shape index (κ2) is 5.11. The summed E-state index contributed by atoms with van der Waals surface area (Å²) < 4.78 is 28.2. The highest BCUT2D eigenvalue weighted by Crippen LogP contribution is 2.31. The molecule has 3 aromatic rings. The van der Waals surface area contributed by atoms with Crippen LogP contribution in [0.5, 0.6) is 0 Å². The van der Waals surface area contributed by atoms with Crippen molar-refractivity contribution >= 4 is 54.0 Å². The number of hydrogen-bond donors (Lipinski definition) is 2. The summed E-state index contributed by atoms with van der Waals surface area (Å²) in [5.41, 5.74) is 2.12. The standard InChI is InChI=1S/C13H12BrN3O2S2/c1-7-12(6-13(14)20-7)21(18,19)17-9-3-4-10-11(5-9)16-8(2)15-10/h3-6,17H,1-2H3,(H,15,16). The number of halogens is 1. The molecule has 0 bridgehead atoms. The van der Waals surface area contributed by atoms with E-state index in [1.165, 1.54) is 11.3 Å². The third-order valence-corrected chi connectivity index (χ3v) is 6.17. The first-order chi connectivity index (χ1) is 9.85. The molecule has 21 heavy (non-hydrogen) atoms. The van der Waals surface area contributed by atoms with Gasteiger partial charge in [-0.25, -0.2) is 13.4 Å². The Balaban J connectivity index is 1.98. The van der Waals surface area contributed by atoms with E-state index in [1.807, 2.05) is 6.92 Å². The van der Waals surface area contributed by atoms with Crippen LogP contribution < -0.4 is 4.72 Å². The number of H-pyrrole nitrogens is 1. The lowest BCUT2D eigenvalue weighted by atomic mass is 10.3. The maximum Gasteiger partial charge on any atom is 0.263 e. The minimum absolute atomic E-state index is 0.292. The van der Waals surface area contributed by atoms with Gasteiger partial charge in [-0.3, -0.25) is 4.72 Å². The summed E-state index contributed by atoms with van der Waals surface area (Å²) >= 11 is 4.70. The molecule has 0 radical (unpaired) electrons. The predicted molar refractivity (Wildman–Crippen MR) is 88.4 cm³/mol. The van der Waals surface area contributed by atoms with Gasteiger partial charge in [0, 0.05) is 4.88 Å². The first-order valence-corrected chi connectivity index (χ1v) is 9.19. The van der Waals surface area contributed by atoms with E-state index in [1.54, 1.807) is 31.2 Å². The molecule has 2 aromatic heterocycles. The van der Waals surface area contributed by atoms with Crippen molar-refractivity contribution < 1.29 is 8.42 Å². The van der Waals surface area contributed by atoms with E-state index in [0.29, 0.717) is 10.6 Å². The van der Waals surface area contributed by atoms with E-state index in [-0.39, 0.29) is 0 Å². The van der Waals surface area contributed by atoms with Crippen LogP contribution in [0, 0.1) is 13.8 Å². The summed E-state index contributed by atoms with van der Waals surface area (Å²) in [5.74, 6) is 0.794. The second-order valence-corrected chi connectivity index (χ2v) is 8.92. The van der Waals surface area contributed by atoms with Crippen LogP contribution in [0.15, 0.2) is 32.9 Å². The molecule has 0 amide bonds. The molecule has 8 heteroatoms. The average Bonchev–Trinajstić information content (AvgIpc) is 2.90. The van der Waals surface area contributed by atoms with E-state index in [0.717, 1.165) is 25.5 Å². The van der Waals surface area contributed by atoms with Crippen LogP contribution in [0.2, 0.25) is 0 Å². The summed E-state index contributed by atoms with van der Waals surface area (Å²) in [5, 5.41) is 0. The third kappa shape index (κ3) is 2.83. The molecule has 0 atom stereocenters. The van der Waals surface area contributed by atoms with Crippen LogP contribution in [0.25, 0.3) is 11.0 Å². The van der Waals surface area contributed by atoms with E-state index in [9.17, 15) is 8.42 Å². The number of fused-ring (bicyclic) bond motifs is 1. The summed E-state index contributed by atoms with van der Waals surface area (Å²) in [6.07, 6.45) is 0. The zero-order valence-corrected chi connectivity index (χ0v) is 14.5. The Morgan fingerprint density at radius 1 is 1.29 bits per heavy atom. The van der Waals surface area contributed by atoms with E-state index in [4.69, 9.17) is 0 Å². The van der Waals surface area contributed by atoms with Gasteiger partial charge in [0.2, 0.25) is 0 Å². The molecule has 110 valence electrons. The topological polar surface area (TPSA) is 74.8 Å². The molecule has 0 fully saturated rings. The number of sulfonamides is 1. The maximum absolute atomic E-state index is 12.4. The molecule has 0 spiro atoms. The number of benzene rings is 1. The van der Waals surface area contributed by atoms with Crippen molar-refractivity contribution in [2.24, 2.45) is 0 Å². The summed E-state index contributed by atoms with van der Waals surface area (Å²) in [6, 6.07) is 6.84. The van der Waals surface area contributed by atoms with Crippen LogP contribution >= 0.6 is 27.3 Å². The highest BCUT2D eigenvalue weighted by molar-refractivity contribution is 9.11. The van der Waals surface area contributed by atoms with Gasteiger partial charge < -0.3 is 4.98 Å². The van der Waals surface area contributed by atoms with Crippen LogP contribution in [0.4, 0.5) is 5.69 Å². The molecule has 0 saturated heterocycles. The van der Waals surface area contributed by atoms with Gasteiger partial charge in [-0.15, -0.1) is 11.3 Å². The number of thiophene rings is 1. The van der Waals surface area contributed by atoms with E-state index < -0.39 is 10.0 Å². The molecule has 0 unspecified atom stereocenters. The van der Waals surface area contributed by atoms with Gasteiger partial charge >= 0.3 is 0 Å². The lowest BCUT2D eigenvalue weighted by molar-refractivity contribution is 0.601. The second-order valence-electron chi connectivity index (χ2n) is 4.63. The zero-order valence-electron chi connectivity index (χ0n) is 11.3. The van der Waals surface area contributed by atoms with Gasteiger partial charge in [0.1, 0.15) is 10.7 Å². The van der Waals surface area contributed by atoms with Crippen LogP contribution in [-0.2, 0) is 10.0 Å². The number of nitrogens with one attached hydrogen (secondary N) is 2. The van der Waals surface area contributed by atoms with Crippen molar-refractivity contribution in [3.05, 3.63) is 38.8 Å². The summed E-state index contributed by atoms with van der Waals surface area (Å²) in [6.45, 7) is 3.64. The highest BCUT2D eigenvalue weighted by Gasteiger charge is 2.19. The number of aromatic nitrogens is 2. The monoisotopic (exact) mass is 385 g/mol. The Labute approximate surface area is 134 Å². The zero-order chi connectivity index (χ0) is 15.2. The van der Waals surface area contributed by atoms with Crippen molar-refractivity contribution in [1.82, 2.24) is 9.97 Å². The molecule has 1 aromatic carbocycles.